The molecule has 2 atom stereocenters. The molecule has 1 aromatic rings. The number of benzene rings is 1. The minimum absolute atomic E-state index is 0.186. The van der Waals surface area contributed by atoms with E-state index in [1.807, 2.05) is 23.1 Å². The largest absolute Gasteiger partial charge is 0.495 e. The molecule has 1 amide bonds. The second kappa shape index (κ2) is 6.49. The van der Waals surface area contributed by atoms with Gasteiger partial charge in [-0.3, -0.25) is 4.79 Å². The van der Waals surface area contributed by atoms with Crippen LogP contribution in [0, 0.1) is 0 Å². The van der Waals surface area contributed by atoms with Crippen LogP contribution in [0.5, 0.6) is 5.75 Å². The van der Waals surface area contributed by atoms with Crippen molar-refractivity contribution in [1.82, 2.24) is 4.90 Å². The smallest absolute Gasteiger partial charge is 0.227 e. The Morgan fingerprint density at radius 2 is 2.00 bits per heavy atom. The first-order chi connectivity index (χ1) is 9.52. The van der Waals surface area contributed by atoms with Crippen LogP contribution in [0.1, 0.15) is 38.7 Å². The van der Waals surface area contributed by atoms with E-state index in [0.29, 0.717) is 29.3 Å². The number of likely N-dealkylation sites (tertiary alicyclic amines) is 1. The zero-order valence-electron chi connectivity index (χ0n) is 12.4. The standard InChI is InChI=1S/C16H22ClNO2/c1-11-5-4-6-12(2)18(11)16(19)10-13-7-8-15(20-3)14(17)9-13/h7-9,11-12H,4-6,10H2,1-3H3. The summed E-state index contributed by atoms with van der Waals surface area (Å²) in [5.74, 6) is 0.827. The summed E-state index contributed by atoms with van der Waals surface area (Å²) in [6, 6.07) is 6.20. The fourth-order valence-corrected chi connectivity index (χ4v) is 3.28. The Bertz CT molecular complexity index is 479. The average molecular weight is 296 g/mol. The van der Waals surface area contributed by atoms with Crippen molar-refractivity contribution in [3.05, 3.63) is 28.8 Å². The van der Waals surface area contributed by atoms with Gasteiger partial charge in [0.2, 0.25) is 5.91 Å². The topological polar surface area (TPSA) is 29.5 Å². The normalized spacial score (nSPS) is 22.7. The van der Waals surface area contributed by atoms with Gasteiger partial charge in [-0.05, 0) is 50.8 Å². The minimum Gasteiger partial charge on any atom is -0.495 e. The Kier molecular flexibility index (Phi) is 4.92. The van der Waals surface area contributed by atoms with Gasteiger partial charge in [0, 0.05) is 12.1 Å². The molecule has 2 unspecified atom stereocenters. The van der Waals surface area contributed by atoms with Crippen LogP contribution in [0.15, 0.2) is 18.2 Å². The summed E-state index contributed by atoms with van der Waals surface area (Å²) >= 11 is 6.11. The lowest BCUT2D eigenvalue weighted by molar-refractivity contribution is -0.136. The van der Waals surface area contributed by atoms with Gasteiger partial charge in [0.1, 0.15) is 5.75 Å². The monoisotopic (exact) mass is 295 g/mol. The van der Waals surface area contributed by atoms with Gasteiger partial charge >= 0.3 is 0 Å². The van der Waals surface area contributed by atoms with Crippen LogP contribution in [-0.2, 0) is 11.2 Å². The lowest BCUT2D eigenvalue weighted by Gasteiger charge is -2.39. The van der Waals surface area contributed by atoms with Crippen LogP contribution in [0.2, 0.25) is 5.02 Å². The molecule has 1 heterocycles. The van der Waals surface area contributed by atoms with Crippen molar-refractivity contribution in [1.29, 1.82) is 0 Å². The summed E-state index contributed by atoms with van der Waals surface area (Å²) in [6.45, 7) is 4.27. The van der Waals surface area contributed by atoms with E-state index in [0.717, 1.165) is 18.4 Å². The Morgan fingerprint density at radius 3 is 2.55 bits per heavy atom. The van der Waals surface area contributed by atoms with Gasteiger partial charge in [-0.25, -0.2) is 0 Å². The Balaban J connectivity index is 2.09. The number of piperidine rings is 1. The molecule has 3 nitrogen and oxygen atoms in total. The predicted octanol–water partition coefficient (Wildman–Crippen LogP) is 3.68. The first-order valence-corrected chi connectivity index (χ1v) is 7.54. The summed E-state index contributed by atoms with van der Waals surface area (Å²) in [6.07, 6.45) is 3.80. The molecule has 0 bridgehead atoms. The average Bonchev–Trinajstić information content (AvgIpc) is 2.38. The molecule has 0 aliphatic carbocycles. The van der Waals surface area contributed by atoms with Crippen LogP contribution < -0.4 is 4.74 Å². The Hall–Kier alpha value is -1.22. The van der Waals surface area contributed by atoms with Crippen molar-refractivity contribution in [3.8, 4) is 5.75 Å². The number of methoxy groups -OCH3 is 1. The molecule has 1 saturated heterocycles. The van der Waals surface area contributed by atoms with E-state index in [2.05, 4.69) is 13.8 Å². The van der Waals surface area contributed by atoms with Crippen LogP contribution in [0.3, 0.4) is 0 Å². The third kappa shape index (κ3) is 3.26. The van der Waals surface area contributed by atoms with Gasteiger partial charge in [-0.2, -0.15) is 0 Å². The molecule has 110 valence electrons. The number of hydrogen-bond donors (Lipinski definition) is 0. The highest BCUT2D eigenvalue weighted by Crippen LogP contribution is 2.27. The van der Waals surface area contributed by atoms with Gasteiger partial charge in [0.15, 0.2) is 0 Å². The second-order valence-electron chi connectivity index (χ2n) is 5.58. The Labute approximate surface area is 125 Å². The molecule has 0 N–H and O–H groups in total. The van der Waals surface area contributed by atoms with Crippen molar-refractivity contribution in [3.63, 3.8) is 0 Å². The first-order valence-electron chi connectivity index (χ1n) is 7.16. The third-order valence-electron chi connectivity index (χ3n) is 4.05. The molecule has 4 heteroatoms. The van der Waals surface area contributed by atoms with E-state index in [4.69, 9.17) is 16.3 Å². The van der Waals surface area contributed by atoms with Crippen LogP contribution in [0.4, 0.5) is 0 Å². The molecule has 0 aromatic heterocycles. The van der Waals surface area contributed by atoms with E-state index in [9.17, 15) is 4.79 Å². The highest BCUT2D eigenvalue weighted by molar-refractivity contribution is 6.32. The molecule has 1 fully saturated rings. The zero-order chi connectivity index (χ0) is 14.7. The highest BCUT2D eigenvalue weighted by Gasteiger charge is 2.28. The molecular formula is C16H22ClNO2. The maximum Gasteiger partial charge on any atom is 0.227 e. The number of rotatable bonds is 3. The number of hydrogen-bond acceptors (Lipinski definition) is 2. The molecule has 0 spiro atoms. The summed E-state index contributed by atoms with van der Waals surface area (Å²) in [7, 11) is 1.59. The summed E-state index contributed by atoms with van der Waals surface area (Å²) in [5, 5.41) is 0.553. The lowest BCUT2D eigenvalue weighted by Crippen LogP contribution is -2.48. The molecular weight excluding hydrogens is 274 g/mol. The van der Waals surface area contributed by atoms with Gasteiger partial charge < -0.3 is 9.64 Å². The zero-order valence-corrected chi connectivity index (χ0v) is 13.1. The van der Waals surface area contributed by atoms with E-state index in [1.165, 1.54) is 6.42 Å². The SMILES string of the molecule is COc1ccc(CC(=O)N2C(C)CCCC2C)cc1Cl. The molecule has 20 heavy (non-hydrogen) atoms. The van der Waals surface area contributed by atoms with Gasteiger partial charge in [-0.15, -0.1) is 0 Å². The summed E-state index contributed by atoms with van der Waals surface area (Å²) < 4.78 is 5.13. The maximum absolute atomic E-state index is 12.5. The van der Waals surface area contributed by atoms with Crippen molar-refractivity contribution in [2.45, 2.75) is 51.6 Å². The van der Waals surface area contributed by atoms with E-state index >= 15 is 0 Å². The second-order valence-corrected chi connectivity index (χ2v) is 5.98. The lowest BCUT2D eigenvalue weighted by atomic mass is 9.96. The fourth-order valence-electron chi connectivity index (χ4n) is 3.00. The third-order valence-corrected chi connectivity index (χ3v) is 4.35. The highest BCUT2D eigenvalue weighted by atomic mass is 35.5. The molecule has 1 aliphatic rings. The Morgan fingerprint density at radius 1 is 1.35 bits per heavy atom. The van der Waals surface area contributed by atoms with Crippen LogP contribution >= 0.6 is 11.6 Å². The number of ether oxygens (including phenoxy) is 1. The summed E-state index contributed by atoms with van der Waals surface area (Å²) in [4.78, 5) is 14.5. The van der Waals surface area contributed by atoms with E-state index in [-0.39, 0.29) is 5.91 Å². The van der Waals surface area contributed by atoms with Crippen molar-refractivity contribution in [2.75, 3.05) is 7.11 Å². The predicted molar refractivity (Wildman–Crippen MR) is 81.3 cm³/mol. The quantitative estimate of drug-likeness (QED) is 0.851. The number of nitrogens with zero attached hydrogens (tertiary/aromatic N) is 1. The molecule has 0 radical (unpaired) electrons. The number of amides is 1. The van der Waals surface area contributed by atoms with Gasteiger partial charge in [0.25, 0.3) is 0 Å². The van der Waals surface area contributed by atoms with Gasteiger partial charge in [0.05, 0.1) is 18.6 Å². The number of carbonyl (C=O) groups is 1. The minimum atomic E-state index is 0.186. The van der Waals surface area contributed by atoms with Gasteiger partial charge in [-0.1, -0.05) is 17.7 Å². The molecule has 2 rings (SSSR count). The molecule has 1 aliphatic heterocycles. The summed E-state index contributed by atoms with van der Waals surface area (Å²) in [5.41, 5.74) is 0.936. The van der Waals surface area contributed by atoms with Crippen molar-refractivity contribution in [2.24, 2.45) is 0 Å². The first kappa shape index (κ1) is 15.2. The van der Waals surface area contributed by atoms with Crippen molar-refractivity contribution >= 4 is 17.5 Å². The molecule has 1 aromatic carbocycles. The maximum atomic E-state index is 12.5. The van der Waals surface area contributed by atoms with Crippen molar-refractivity contribution < 1.29 is 9.53 Å². The fraction of sp³-hybridized carbons (Fsp3) is 0.562. The van der Waals surface area contributed by atoms with E-state index in [1.54, 1.807) is 7.11 Å². The molecule has 0 saturated carbocycles. The van der Waals surface area contributed by atoms with E-state index < -0.39 is 0 Å². The van der Waals surface area contributed by atoms with Crippen LogP contribution in [-0.4, -0.2) is 30.0 Å². The number of carbonyl (C=O) groups excluding carboxylic acids is 1. The van der Waals surface area contributed by atoms with Crippen LogP contribution in [0.25, 0.3) is 0 Å². The number of halogens is 1.